The lowest BCUT2D eigenvalue weighted by atomic mass is 9.52. The molecule has 0 amide bonds. The van der Waals surface area contributed by atoms with E-state index in [-0.39, 0.29) is 11.4 Å². The summed E-state index contributed by atoms with van der Waals surface area (Å²) >= 11 is 0. The number of esters is 1. The van der Waals surface area contributed by atoms with Crippen molar-refractivity contribution in [3.8, 4) is 12.3 Å². The summed E-state index contributed by atoms with van der Waals surface area (Å²) in [6.45, 7) is 2.28. The van der Waals surface area contributed by atoms with Crippen molar-refractivity contribution in [2.75, 3.05) is 7.05 Å². The van der Waals surface area contributed by atoms with Gasteiger partial charge in [-0.15, -0.1) is 6.42 Å². The number of nitrogens with zero attached hydrogens (tertiary/aromatic N) is 1. The van der Waals surface area contributed by atoms with Crippen LogP contribution in [-0.2, 0) is 14.3 Å². The third-order valence-corrected chi connectivity index (χ3v) is 9.12. The molecule has 0 radical (unpaired) electrons. The van der Waals surface area contributed by atoms with Crippen molar-refractivity contribution in [1.29, 1.82) is 0 Å². The highest BCUT2D eigenvalue weighted by atomic mass is 16.6. The maximum atomic E-state index is 13.1. The van der Waals surface area contributed by atoms with Crippen LogP contribution in [0.1, 0.15) is 71.1 Å². The van der Waals surface area contributed by atoms with E-state index in [9.17, 15) is 9.59 Å². The highest BCUT2D eigenvalue weighted by Gasteiger charge is 2.64. The van der Waals surface area contributed by atoms with Crippen LogP contribution in [0.25, 0.3) is 0 Å². The van der Waals surface area contributed by atoms with E-state index in [1.54, 1.807) is 5.57 Å². The molecule has 4 aliphatic carbocycles. The highest BCUT2D eigenvalue weighted by molar-refractivity contribution is 5.89. The maximum absolute atomic E-state index is 13.1. The summed E-state index contributed by atoms with van der Waals surface area (Å²) < 4.78 is 6.25. The SMILES string of the molecule is C#CC1(OC(=O)C2=CN(C)C=CC2)CCC2C3CCC4=C(CCC(=O)C4)C3CCC21C. The Hall–Kier alpha value is -2.28. The first kappa shape index (κ1) is 20.6. The van der Waals surface area contributed by atoms with Crippen LogP contribution in [0.3, 0.4) is 0 Å². The van der Waals surface area contributed by atoms with Gasteiger partial charge in [-0.3, -0.25) is 4.79 Å². The van der Waals surface area contributed by atoms with Crippen LogP contribution in [0.2, 0.25) is 0 Å². The molecule has 4 nitrogen and oxygen atoms in total. The minimum Gasteiger partial charge on any atom is -0.442 e. The van der Waals surface area contributed by atoms with Crippen LogP contribution in [0.4, 0.5) is 0 Å². The number of fused-ring (bicyclic) bond motifs is 4. The van der Waals surface area contributed by atoms with Crippen LogP contribution in [0.5, 0.6) is 0 Å². The van der Waals surface area contributed by atoms with Gasteiger partial charge in [0.25, 0.3) is 0 Å². The van der Waals surface area contributed by atoms with E-state index in [0.29, 0.717) is 48.4 Å². The third kappa shape index (κ3) is 3.12. The number of Topliss-reactive ketones (excluding diaryl/α,β-unsaturated/α-hetero) is 1. The molecule has 5 rings (SSSR count). The van der Waals surface area contributed by atoms with Crippen molar-refractivity contribution < 1.29 is 14.3 Å². The minimum atomic E-state index is -0.822. The van der Waals surface area contributed by atoms with Gasteiger partial charge in [0.15, 0.2) is 5.60 Å². The molecule has 0 aromatic carbocycles. The van der Waals surface area contributed by atoms with E-state index in [1.165, 1.54) is 5.57 Å². The van der Waals surface area contributed by atoms with E-state index < -0.39 is 5.60 Å². The van der Waals surface area contributed by atoms with Gasteiger partial charge in [0, 0.05) is 37.9 Å². The summed E-state index contributed by atoms with van der Waals surface area (Å²) in [6, 6.07) is 0. The number of hydrogen-bond donors (Lipinski definition) is 0. The molecular weight excluding hydrogens is 386 g/mol. The lowest BCUT2D eigenvalue weighted by Gasteiger charge is -2.53. The Bertz CT molecular complexity index is 950. The van der Waals surface area contributed by atoms with Crippen LogP contribution in [0, 0.1) is 35.5 Å². The smallest absolute Gasteiger partial charge is 0.337 e. The summed E-state index contributed by atoms with van der Waals surface area (Å²) in [4.78, 5) is 27.0. The van der Waals surface area contributed by atoms with Crippen molar-refractivity contribution in [1.82, 2.24) is 4.90 Å². The topological polar surface area (TPSA) is 46.6 Å². The molecule has 5 atom stereocenters. The molecule has 5 unspecified atom stereocenters. The zero-order valence-electron chi connectivity index (χ0n) is 18.8. The van der Waals surface area contributed by atoms with Gasteiger partial charge >= 0.3 is 5.97 Å². The van der Waals surface area contributed by atoms with Gasteiger partial charge in [0.05, 0.1) is 5.57 Å². The number of rotatable bonds is 2. The quantitative estimate of drug-likeness (QED) is 0.362. The van der Waals surface area contributed by atoms with Gasteiger partial charge in [0.1, 0.15) is 5.78 Å². The standard InChI is InChI=1S/C27H33NO3/c1-4-27(31-25(30)19-6-5-15-28(3)17-19)14-12-24-23-9-7-18-16-20(29)8-10-21(18)22(23)11-13-26(24,27)2/h1,5,15,17,22-24H,6-14,16H2,2-3H3. The van der Waals surface area contributed by atoms with Crippen molar-refractivity contribution in [3.63, 3.8) is 0 Å². The Morgan fingerprint density at radius 1 is 1.23 bits per heavy atom. The van der Waals surface area contributed by atoms with Gasteiger partial charge in [0.2, 0.25) is 0 Å². The second kappa shape index (κ2) is 7.40. The first-order valence-electron chi connectivity index (χ1n) is 11.9. The van der Waals surface area contributed by atoms with Crippen molar-refractivity contribution in [3.05, 3.63) is 35.2 Å². The van der Waals surface area contributed by atoms with Crippen LogP contribution in [-0.4, -0.2) is 29.3 Å². The monoisotopic (exact) mass is 419 g/mol. The molecule has 0 aromatic rings. The molecule has 0 aromatic heterocycles. The Morgan fingerprint density at radius 3 is 2.84 bits per heavy atom. The summed E-state index contributed by atoms with van der Waals surface area (Å²) in [5.74, 6) is 4.82. The summed E-state index contributed by atoms with van der Waals surface area (Å²) in [6.07, 6.45) is 20.9. The number of ketones is 1. The van der Waals surface area contributed by atoms with Crippen LogP contribution >= 0.6 is 0 Å². The van der Waals surface area contributed by atoms with E-state index in [4.69, 9.17) is 11.2 Å². The number of carbonyl (C=O) groups excluding carboxylic acids is 2. The van der Waals surface area contributed by atoms with Crippen molar-refractivity contribution in [2.24, 2.45) is 23.2 Å². The fraction of sp³-hybridized carbons (Fsp3) is 0.630. The number of hydrogen-bond acceptors (Lipinski definition) is 4. The molecular formula is C27H33NO3. The Morgan fingerprint density at radius 2 is 2.06 bits per heavy atom. The highest BCUT2D eigenvalue weighted by Crippen LogP contribution is 2.65. The predicted octanol–water partition coefficient (Wildman–Crippen LogP) is 4.92. The van der Waals surface area contributed by atoms with E-state index >= 15 is 0 Å². The molecule has 1 aliphatic heterocycles. The normalized spacial score (nSPS) is 39.3. The van der Waals surface area contributed by atoms with Crippen LogP contribution < -0.4 is 0 Å². The molecule has 31 heavy (non-hydrogen) atoms. The fourth-order valence-corrected chi connectivity index (χ4v) is 7.53. The lowest BCUT2D eigenvalue weighted by Crippen LogP contribution is -2.53. The van der Waals surface area contributed by atoms with E-state index in [1.807, 2.05) is 30.4 Å². The van der Waals surface area contributed by atoms with Crippen LogP contribution in [0.15, 0.2) is 35.2 Å². The molecule has 2 saturated carbocycles. The molecule has 2 fully saturated rings. The van der Waals surface area contributed by atoms with Gasteiger partial charge in [-0.1, -0.05) is 30.1 Å². The summed E-state index contributed by atoms with van der Waals surface area (Å²) in [7, 11) is 1.92. The van der Waals surface area contributed by atoms with Crippen molar-refractivity contribution in [2.45, 2.75) is 76.7 Å². The minimum absolute atomic E-state index is 0.182. The maximum Gasteiger partial charge on any atom is 0.337 e. The first-order chi connectivity index (χ1) is 14.9. The van der Waals surface area contributed by atoms with E-state index in [2.05, 4.69) is 12.8 Å². The zero-order valence-corrected chi connectivity index (χ0v) is 18.8. The van der Waals surface area contributed by atoms with Gasteiger partial charge in [-0.2, -0.15) is 0 Å². The fourth-order valence-electron chi connectivity index (χ4n) is 7.53. The molecule has 0 saturated heterocycles. The van der Waals surface area contributed by atoms with Gasteiger partial charge in [-0.25, -0.2) is 4.79 Å². The third-order valence-electron chi connectivity index (χ3n) is 9.12. The lowest BCUT2D eigenvalue weighted by molar-refractivity contribution is -0.164. The first-order valence-corrected chi connectivity index (χ1v) is 11.9. The largest absolute Gasteiger partial charge is 0.442 e. The van der Waals surface area contributed by atoms with Gasteiger partial charge < -0.3 is 9.64 Å². The second-order valence-electron chi connectivity index (χ2n) is 10.5. The average molecular weight is 420 g/mol. The Labute approximate surface area is 185 Å². The zero-order chi connectivity index (χ0) is 21.8. The number of carbonyl (C=O) groups is 2. The molecule has 0 bridgehead atoms. The van der Waals surface area contributed by atoms with Gasteiger partial charge in [-0.05, 0) is 68.9 Å². The molecule has 0 N–H and O–H groups in total. The molecule has 164 valence electrons. The molecule has 1 heterocycles. The Kier molecular flexibility index (Phi) is 4.92. The average Bonchev–Trinajstić information content (AvgIpc) is 3.06. The van der Waals surface area contributed by atoms with Crippen molar-refractivity contribution >= 4 is 11.8 Å². The molecule has 4 heteroatoms. The molecule has 0 spiro atoms. The number of ether oxygens (including phenoxy) is 1. The summed E-state index contributed by atoms with van der Waals surface area (Å²) in [5, 5.41) is 0. The predicted molar refractivity (Wildman–Crippen MR) is 119 cm³/mol. The molecule has 5 aliphatic rings. The number of allylic oxidation sites excluding steroid dienone is 3. The van der Waals surface area contributed by atoms with E-state index in [0.717, 1.165) is 44.9 Å². The Balaban J connectivity index is 1.40. The number of terminal acetylenes is 1. The summed E-state index contributed by atoms with van der Waals surface area (Å²) in [5.41, 5.74) is 2.69. The second-order valence-corrected chi connectivity index (χ2v) is 10.5.